The van der Waals surface area contributed by atoms with Gasteiger partial charge in [-0.25, -0.2) is 0 Å². The largest absolute Gasteiger partial charge is 0.298 e. The summed E-state index contributed by atoms with van der Waals surface area (Å²) in [5.41, 5.74) is 8.50. The van der Waals surface area contributed by atoms with Crippen LogP contribution in [0.5, 0.6) is 0 Å². The SMILES string of the molecule is CN1Nc2ccc3ccccc3c2-c2c1ccc1ccccc21. The van der Waals surface area contributed by atoms with Gasteiger partial charge >= 0.3 is 0 Å². The molecule has 0 amide bonds. The molecule has 2 nitrogen and oxygen atoms in total. The Kier molecular flexibility index (Phi) is 2.45. The van der Waals surface area contributed by atoms with Crippen LogP contribution in [0.3, 0.4) is 0 Å². The minimum atomic E-state index is 1.16. The van der Waals surface area contributed by atoms with Crippen molar-refractivity contribution in [1.29, 1.82) is 0 Å². The van der Waals surface area contributed by atoms with Crippen LogP contribution in [0, 0.1) is 0 Å². The predicted octanol–water partition coefficient (Wildman–Crippen LogP) is 5.44. The molecule has 0 radical (unpaired) electrons. The Hall–Kier alpha value is -3.00. The molecule has 0 aromatic heterocycles. The van der Waals surface area contributed by atoms with Gasteiger partial charge in [0.25, 0.3) is 0 Å². The molecule has 1 N–H and O–H groups in total. The van der Waals surface area contributed by atoms with Crippen LogP contribution in [0.4, 0.5) is 11.4 Å². The average Bonchev–Trinajstić information content (AvgIpc) is 2.61. The molecule has 110 valence electrons. The molecule has 0 unspecified atom stereocenters. The first-order chi connectivity index (χ1) is 11.3. The molecule has 1 heterocycles. The number of rotatable bonds is 0. The van der Waals surface area contributed by atoms with Crippen molar-refractivity contribution in [2.24, 2.45) is 0 Å². The highest BCUT2D eigenvalue weighted by molar-refractivity contribution is 6.15. The maximum Gasteiger partial charge on any atom is 0.0654 e. The molecule has 4 aromatic rings. The first kappa shape index (κ1) is 12.5. The van der Waals surface area contributed by atoms with E-state index in [4.69, 9.17) is 0 Å². The molecule has 0 saturated carbocycles. The van der Waals surface area contributed by atoms with Crippen LogP contribution >= 0.6 is 0 Å². The summed E-state index contributed by atoms with van der Waals surface area (Å²) in [6.07, 6.45) is 0. The van der Waals surface area contributed by atoms with Gasteiger partial charge in [0.05, 0.1) is 11.4 Å². The highest BCUT2D eigenvalue weighted by Gasteiger charge is 2.23. The average molecular weight is 296 g/mol. The zero-order valence-electron chi connectivity index (χ0n) is 12.9. The predicted molar refractivity (Wildman–Crippen MR) is 98.9 cm³/mol. The third kappa shape index (κ3) is 1.69. The molecular formula is C21H16N2. The van der Waals surface area contributed by atoms with Gasteiger partial charge in [-0.3, -0.25) is 10.4 Å². The molecule has 23 heavy (non-hydrogen) atoms. The topological polar surface area (TPSA) is 15.3 Å². The van der Waals surface area contributed by atoms with Crippen LogP contribution < -0.4 is 10.4 Å². The standard InChI is InChI=1S/C21H16N2/c1-23-19-13-11-15-7-3-5-9-17(15)21(19)20-16-8-4-2-6-14(16)10-12-18(20)22-23/h2-13,22H,1H3. The second-order valence-electron chi connectivity index (χ2n) is 6.06. The van der Waals surface area contributed by atoms with Gasteiger partial charge in [-0.15, -0.1) is 0 Å². The monoisotopic (exact) mass is 296 g/mol. The van der Waals surface area contributed by atoms with Gasteiger partial charge in [-0.2, -0.15) is 0 Å². The van der Waals surface area contributed by atoms with Crippen molar-refractivity contribution in [1.82, 2.24) is 0 Å². The van der Waals surface area contributed by atoms with Gasteiger partial charge in [-0.1, -0.05) is 60.7 Å². The Morgan fingerprint density at radius 2 is 1.26 bits per heavy atom. The Bertz CT molecular complexity index is 1070. The summed E-state index contributed by atoms with van der Waals surface area (Å²) in [4.78, 5) is 0. The molecule has 4 aromatic carbocycles. The highest BCUT2D eigenvalue weighted by Crippen LogP contribution is 2.47. The number of hydrogen-bond donors (Lipinski definition) is 1. The molecule has 0 atom stereocenters. The van der Waals surface area contributed by atoms with Gasteiger partial charge in [-0.05, 0) is 33.7 Å². The van der Waals surface area contributed by atoms with Gasteiger partial charge in [0.1, 0.15) is 0 Å². The maximum atomic E-state index is 3.51. The van der Waals surface area contributed by atoms with Crippen molar-refractivity contribution in [2.75, 3.05) is 17.5 Å². The highest BCUT2D eigenvalue weighted by atomic mass is 15.5. The minimum absolute atomic E-state index is 1.16. The van der Waals surface area contributed by atoms with E-state index in [0.717, 1.165) is 5.69 Å². The Morgan fingerprint density at radius 1 is 0.652 bits per heavy atom. The number of hydrogen-bond acceptors (Lipinski definition) is 2. The second kappa shape index (κ2) is 4.50. The third-order valence-corrected chi connectivity index (χ3v) is 4.74. The third-order valence-electron chi connectivity index (χ3n) is 4.74. The zero-order chi connectivity index (χ0) is 15.4. The Balaban J connectivity index is 2.01. The minimum Gasteiger partial charge on any atom is -0.298 e. The molecule has 0 aliphatic carbocycles. The van der Waals surface area contributed by atoms with Crippen molar-refractivity contribution >= 4 is 32.9 Å². The molecular weight excluding hydrogens is 280 g/mol. The van der Waals surface area contributed by atoms with Crippen LogP contribution in [0.15, 0.2) is 72.8 Å². The number of benzene rings is 4. The molecule has 5 rings (SSSR count). The number of fused-ring (bicyclic) bond motifs is 7. The first-order valence-corrected chi connectivity index (χ1v) is 7.87. The van der Waals surface area contributed by atoms with E-state index in [1.54, 1.807) is 0 Å². The van der Waals surface area contributed by atoms with E-state index < -0.39 is 0 Å². The van der Waals surface area contributed by atoms with E-state index in [1.165, 1.54) is 38.4 Å². The second-order valence-corrected chi connectivity index (χ2v) is 6.06. The summed E-state index contributed by atoms with van der Waals surface area (Å²) in [5.74, 6) is 0. The summed E-state index contributed by atoms with van der Waals surface area (Å²) in [6.45, 7) is 0. The van der Waals surface area contributed by atoms with E-state index in [-0.39, 0.29) is 0 Å². The fourth-order valence-electron chi connectivity index (χ4n) is 3.68. The smallest absolute Gasteiger partial charge is 0.0654 e. The lowest BCUT2D eigenvalue weighted by atomic mass is 9.90. The quantitative estimate of drug-likeness (QED) is 0.465. The zero-order valence-corrected chi connectivity index (χ0v) is 12.9. The van der Waals surface area contributed by atoms with Crippen molar-refractivity contribution in [3.05, 3.63) is 72.8 Å². The van der Waals surface area contributed by atoms with E-state index >= 15 is 0 Å². The normalized spacial score (nSPS) is 12.8. The Labute approximate surface area is 134 Å². The summed E-state index contributed by atoms with van der Waals surface area (Å²) in [6, 6.07) is 26.0. The van der Waals surface area contributed by atoms with Gasteiger partial charge in [0.2, 0.25) is 0 Å². The van der Waals surface area contributed by atoms with Crippen molar-refractivity contribution in [2.45, 2.75) is 0 Å². The summed E-state index contributed by atoms with van der Waals surface area (Å²) >= 11 is 0. The summed E-state index contributed by atoms with van der Waals surface area (Å²) < 4.78 is 0. The van der Waals surface area contributed by atoms with E-state index in [2.05, 4.69) is 90.3 Å². The number of nitrogens with one attached hydrogen (secondary N) is 1. The van der Waals surface area contributed by atoms with Crippen molar-refractivity contribution < 1.29 is 0 Å². The lowest BCUT2D eigenvalue weighted by Crippen LogP contribution is -2.28. The van der Waals surface area contributed by atoms with Crippen LogP contribution in [-0.2, 0) is 0 Å². The van der Waals surface area contributed by atoms with Crippen LogP contribution in [0.1, 0.15) is 0 Å². The lowest BCUT2D eigenvalue weighted by molar-refractivity contribution is 1.08. The van der Waals surface area contributed by atoms with Crippen molar-refractivity contribution in [3.63, 3.8) is 0 Å². The van der Waals surface area contributed by atoms with E-state index in [9.17, 15) is 0 Å². The number of hydrazine groups is 1. The molecule has 0 spiro atoms. The molecule has 0 saturated heterocycles. The van der Waals surface area contributed by atoms with Crippen molar-refractivity contribution in [3.8, 4) is 11.1 Å². The summed E-state index contributed by atoms with van der Waals surface area (Å²) in [5, 5.41) is 7.26. The Morgan fingerprint density at radius 3 is 2.00 bits per heavy atom. The maximum absolute atomic E-state index is 3.51. The molecule has 0 fully saturated rings. The van der Waals surface area contributed by atoms with Gasteiger partial charge < -0.3 is 0 Å². The molecule has 1 aliphatic heterocycles. The van der Waals surface area contributed by atoms with Crippen LogP contribution in [0.2, 0.25) is 0 Å². The van der Waals surface area contributed by atoms with Gasteiger partial charge in [0.15, 0.2) is 0 Å². The molecule has 0 bridgehead atoms. The lowest BCUT2D eigenvalue weighted by Gasteiger charge is -2.32. The first-order valence-electron chi connectivity index (χ1n) is 7.87. The fourth-order valence-corrected chi connectivity index (χ4v) is 3.68. The van der Waals surface area contributed by atoms with Crippen LogP contribution in [-0.4, -0.2) is 7.05 Å². The molecule has 1 aliphatic rings. The number of anilines is 2. The van der Waals surface area contributed by atoms with E-state index in [0.29, 0.717) is 0 Å². The fraction of sp³-hybridized carbons (Fsp3) is 0.0476. The summed E-state index contributed by atoms with van der Waals surface area (Å²) in [7, 11) is 2.08. The van der Waals surface area contributed by atoms with Gasteiger partial charge in [0, 0.05) is 18.2 Å². The number of nitrogens with zero attached hydrogens (tertiary/aromatic N) is 1. The van der Waals surface area contributed by atoms with E-state index in [1.807, 2.05) is 0 Å². The molecule has 2 heteroatoms. The van der Waals surface area contributed by atoms with Crippen LogP contribution in [0.25, 0.3) is 32.7 Å².